The van der Waals surface area contributed by atoms with Gasteiger partial charge in [0.2, 0.25) is 5.91 Å². The highest BCUT2D eigenvalue weighted by atomic mass is 19.1. The van der Waals surface area contributed by atoms with E-state index in [4.69, 9.17) is 0 Å². The molecule has 0 bridgehead atoms. The van der Waals surface area contributed by atoms with Crippen LogP contribution in [0.4, 0.5) is 4.39 Å². The molecule has 3 aromatic rings. The SMILES string of the molecule is O=C(c1c[nH]c2ccccc12)N1CCN(C(=O)[C@H]2C[C@H]2c2ccc(F)cc2)CC1. The van der Waals surface area contributed by atoms with Crippen LogP contribution in [-0.4, -0.2) is 52.8 Å². The maximum atomic E-state index is 13.1. The number of nitrogens with zero attached hydrogens (tertiary/aromatic N) is 2. The first kappa shape index (κ1) is 17.9. The Morgan fingerprint density at radius 2 is 1.62 bits per heavy atom. The Bertz CT molecular complexity index is 1070. The zero-order chi connectivity index (χ0) is 20.0. The Balaban J connectivity index is 1.20. The van der Waals surface area contributed by atoms with Crippen LogP contribution >= 0.6 is 0 Å². The molecule has 2 aliphatic rings. The van der Waals surface area contributed by atoms with Crippen LogP contribution in [0.2, 0.25) is 0 Å². The fourth-order valence-corrected chi connectivity index (χ4v) is 4.33. The number of para-hydroxylation sites is 1. The lowest BCUT2D eigenvalue weighted by molar-refractivity contribution is -0.134. The van der Waals surface area contributed by atoms with Crippen LogP contribution in [0.3, 0.4) is 0 Å². The third-order valence-electron chi connectivity index (χ3n) is 6.10. The smallest absolute Gasteiger partial charge is 0.256 e. The van der Waals surface area contributed by atoms with Gasteiger partial charge in [0.25, 0.3) is 5.91 Å². The number of aromatic nitrogens is 1. The summed E-state index contributed by atoms with van der Waals surface area (Å²) in [5.41, 5.74) is 2.65. The van der Waals surface area contributed by atoms with E-state index in [2.05, 4.69) is 4.98 Å². The van der Waals surface area contributed by atoms with Gasteiger partial charge >= 0.3 is 0 Å². The van der Waals surface area contributed by atoms with E-state index >= 15 is 0 Å². The summed E-state index contributed by atoms with van der Waals surface area (Å²) >= 11 is 0. The van der Waals surface area contributed by atoms with E-state index < -0.39 is 0 Å². The number of H-pyrrole nitrogens is 1. The average Bonchev–Trinajstić information content (AvgIpc) is 3.44. The molecule has 2 amide bonds. The summed E-state index contributed by atoms with van der Waals surface area (Å²) in [6.07, 6.45) is 2.58. The summed E-state index contributed by atoms with van der Waals surface area (Å²) in [6, 6.07) is 14.2. The summed E-state index contributed by atoms with van der Waals surface area (Å²) in [5, 5.41) is 0.927. The number of halogens is 1. The van der Waals surface area contributed by atoms with Crippen molar-refractivity contribution in [2.45, 2.75) is 12.3 Å². The van der Waals surface area contributed by atoms with Crippen molar-refractivity contribution in [3.05, 3.63) is 71.7 Å². The molecule has 2 atom stereocenters. The molecule has 2 heterocycles. The first-order valence-corrected chi connectivity index (χ1v) is 10.0. The van der Waals surface area contributed by atoms with Crippen molar-refractivity contribution in [2.75, 3.05) is 26.2 Å². The Morgan fingerprint density at radius 3 is 2.38 bits per heavy atom. The number of hydrogen-bond donors (Lipinski definition) is 1. The third kappa shape index (κ3) is 3.28. The predicted octanol–water partition coefficient (Wildman–Crippen LogP) is 3.40. The quantitative estimate of drug-likeness (QED) is 0.744. The minimum absolute atomic E-state index is 0.00478. The number of fused-ring (bicyclic) bond motifs is 1. The van der Waals surface area contributed by atoms with Crippen LogP contribution in [0, 0.1) is 11.7 Å². The maximum Gasteiger partial charge on any atom is 0.256 e. The second kappa shape index (κ2) is 7.03. The maximum absolute atomic E-state index is 13.1. The molecule has 1 saturated heterocycles. The highest BCUT2D eigenvalue weighted by Crippen LogP contribution is 2.48. The Labute approximate surface area is 168 Å². The van der Waals surface area contributed by atoms with E-state index in [9.17, 15) is 14.0 Å². The average molecular weight is 391 g/mol. The van der Waals surface area contributed by atoms with Crippen LogP contribution in [-0.2, 0) is 4.79 Å². The Morgan fingerprint density at radius 1 is 0.931 bits per heavy atom. The fourth-order valence-electron chi connectivity index (χ4n) is 4.33. The van der Waals surface area contributed by atoms with Crippen molar-refractivity contribution in [3.8, 4) is 0 Å². The van der Waals surface area contributed by atoms with Gasteiger partial charge in [0.05, 0.1) is 5.56 Å². The molecule has 1 aromatic heterocycles. The van der Waals surface area contributed by atoms with Gasteiger partial charge in [0.15, 0.2) is 0 Å². The lowest BCUT2D eigenvalue weighted by atomic mass is 10.1. The van der Waals surface area contributed by atoms with Gasteiger partial charge in [0, 0.05) is 49.2 Å². The number of amides is 2. The van der Waals surface area contributed by atoms with Gasteiger partial charge in [-0.3, -0.25) is 9.59 Å². The molecule has 2 fully saturated rings. The number of aromatic amines is 1. The molecule has 1 aliphatic carbocycles. The lowest BCUT2D eigenvalue weighted by Gasteiger charge is -2.35. The van der Waals surface area contributed by atoms with Gasteiger partial charge < -0.3 is 14.8 Å². The van der Waals surface area contributed by atoms with E-state index in [1.807, 2.05) is 34.1 Å². The minimum atomic E-state index is -0.256. The summed E-state index contributed by atoms with van der Waals surface area (Å²) in [7, 11) is 0. The zero-order valence-corrected chi connectivity index (χ0v) is 16.0. The number of rotatable bonds is 3. The third-order valence-corrected chi connectivity index (χ3v) is 6.10. The predicted molar refractivity (Wildman–Crippen MR) is 108 cm³/mol. The Hall–Kier alpha value is -3.15. The number of nitrogens with one attached hydrogen (secondary N) is 1. The molecule has 0 spiro atoms. The van der Waals surface area contributed by atoms with Crippen LogP contribution in [0.15, 0.2) is 54.7 Å². The highest BCUT2D eigenvalue weighted by Gasteiger charge is 2.46. The van der Waals surface area contributed by atoms with E-state index in [1.54, 1.807) is 18.3 Å². The monoisotopic (exact) mass is 391 g/mol. The van der Waals surface area contributed by atoms with Crippen LogP contribution < -0.4 is 0 Å². The van der Waals surface area contributed by atoms with Crippen molar-refractivity contribution in [1.82, 2.24) is 14.8 Å². The molecule has 5 nitrogen and oxygen atoms in total. The number of carbonyl (C=O) groups excluding carboxylic acids is 2. The summed E-state index contributed by atoms with van der Waals surface area (Å²) in [6.45, 7) is 2.19. The van der Waals surface area contributed by atoms with Crippen LogP contribution in [0.25, 0.3) is 10.9 Å². The summed E-state index contributed by atoms with van der Waals surface area (Å²) in [4.78, 5) is 32.6. The second-order valence-corrected chi connectivity index (χ2v) is 7.87. The van der Waals surface area contributed by atoms with Crippen molar-refractivity contribution < 1.29 is 14.0 Å². The molecule has 29 heavy (non-hydrogen) atoms. The molecule has 6 heteroatoms. The topological polar surface area (TPSA) is 56.4 Å². The molecule has 2 aromatic carbocycles. The van der Waals surface area contributed by atoms with E-state index in [1.165, 1.54) is 12.1 Å². The first-order valence-electron chi connectivity index (χ1n) is 10.0. The molecule has 0 radical (unpaired) electrons. The normalized spacial score (nSPS) is 21.4. The number of carbonyl (C=O) groups is 2. The van der Waals surface area contributed by atoms with Gasteiger partial charge in [-0.05, 0) is 36.1 Å². The largest absolute Gasteiger partial charge is 0.360 e. The number of benzene rings is 2. The van der Waals surface area contributed by atoms with Gasteiger partial charge in [-0.25, -0.2) is 4.39 Å². The van der Waals surface area contributed by atoms with E-state index in [0.717, 1.165) is 22.9 Å². The van der Waals surface area contributed by atoms with Gasteiger partial charge in [0.1, 0.15) is 5.82 Å². The van der Waals surface area contributed by atoms with E-state index in [0.29, 0.717) is 31.7 Å². The highest BCUT2D eigenvalue weighted by molar-refractivity contribution is 6.06. The van der Waals surface area contributed by atoms with Crippen molar-refractivity contribution in [1.29, 1.82) is 0 Å². The number of piperazine rings is 1. The molecule has 0 unspecified atom stereocenters. The van der Waals surface area contributed by atoms with E-state index in [-0.39, 0.29) is 29.5 Å². The molecule has 1 aliphatic heterocycles. The van der Waals surface area contributed by atoms with Gasteiger partial charge in [-0.15, -0.1) is 0 Å². The fraction of sp³-hybridized carbons (Fsp3) is 0.304. The lowest BCUT2D eigenvalue weighted by Crippen LogP contribution is -2.51. The number of hydrogen-bond acceptors (Lipinski definition) is 2. The van der Waals surface area contributed by atoms with Crippen LogP contribution in [0.1, 0.15) is 28.3 Å². The van der Waals surface area contributed by atoms with Crippen molar-refractivity contribution >= 4 is 22.7 Å². The molecule has 148 valence electrons. The molecular weight excluding hydrogens is 369 g/mol. The minimum Gasteiger partial charge on any atom is -0.360 e. The van der Waals surface area contributed by atoms with Crippen LogP contribution in [0.5, 0.6) is 0 Å². The van der Waals surface area contributed by atoms with Gasteiger partial charge in [-0.2, -0.15) is 0 Å². The molecule has 1 N–H and O–H groups in total. The zero-order valence-electron chi connectivity index (χ0n) is 16.0. The molecule has 5 rings (SSSR count). The van der Waals surface area contributed by atoms with Crippen molar-refractivity contribution in [3.63, 3.8) is 0 Å². The summed E-state index contributed by atoms with van der Waals surface area (Å²) in [5.74, 6) is 0.0715. The Kier molecular flexibility index (Phi) is 4.34. The summed E-state index contributed by atoms with van der Waals surface area (Å²) < 4.78 is 13.1. The molecule has 1 saturated carbocycles. The van der Waals surface area contributed by atoms with Gasteiger partial charge in [-0.1, -0.05) is 30.3 Å². The molecular formula is C23H22FN3O2. The van der Waals surface area contributed by atoms with Crippen molar-refractivity contribution in [2.24, 2.45) is 5.92 Å². The second-order valence-electron chi connectivity index (χ2n) is 7.87. The standard InChI is InChI=1S/C23H22FN3O2/c24-16-7-5-15(6-8-16)18-13-19(18)22(28)26-9-11-27(12-10-26)23(29)20-14-25-21-4-2-1-3-17(20)21/h1-8,14,18-19,25H,9-13H2/t18-,19-/m0/s1. The first-order chi connectivity index (χ1) is 14.1.